The summed E-state index contributed by atoms with van der Waals surface area (Å²) in [7, 11) is 1.48. The Morgan fingerprint density at radius 1 is 1.00 bits per heavy atom. The van der Waals surface area contributed by atoms with Gasteiger partial charge in [0.25, 0.3) is 5.91 Å². The second-order valence-electron chi connectivity index (χ2n) is 9.66. The molecule has 0 radical (unpaired) electrons. The second kappa shape index (κ2) is 14.8. The number of thioether (sulfide) groups is 1. The average Bonchev–Trinajstić information content (AvgIpc) is 3.45. The number of alkyl halides is 3. The molecule has 43 heavy (non-hydrogen) atoms. The number of aryl methyl sites for hydroxylation is 1. The number of nitrogens with one attached hydrogen (secondary N) is 1. The number of hydrogen-bond acceptors (Lipinski definition) is 5. The summed E-state index contributed by atoms with van der Waals surface area (Å²) in [5.41, 5.74) is 2.67. The number of amides is 1. The summed E-state index contributed by atoms with van der Waals surface area (Å²) in [5.74, 6) is -0.450. The van der Waals surface area contributed by atoms with Gasteiger partial charge in [0.2, 0.25) is 0 Å². The zero-order valence-electron chi connectivity index (χ0n) is 23.2. The van der Waals surface area contributed by atoms with E-state index in [4.69, 9.17) is 9.15 Å². The molecule has 222 valence electrons. The molecule has 11 heteroatoms. The fourth-order valence-electron chi connectivity index (χ4n) is 4.66. The van der Waals surface area contributed by atoms with Crippen molar-refractivity contribution in [3.8, 4) is 22.5 Å². The Balaban J connectivity index is 0.00000506. The third-order valence-electron chi connectivity index (χ3n) is 6.84. The van der Waals surface area contributed by atoms with Crippen LogP contribution in [0.1, 0.15) is 45.3 Å². The van der Waals surface area contributed by atoms with Crippen molar-refractivity contribution < 1.29 is 37.0 Å². The first kappa shape index (κ1) is 34.1. The third-order valence-corrected chi connectivity index (χ3v) is 7.48. The standard InChI is InChI=1S/C32H30F3NO5S.Li.H/c1-19-7-4-5-10-23(19)25-18-21(11-12-24(25)30(37)36-26(31(38)39)15-16-42-3)29(40-2)28-14-13-27(41-28)20-8-6-9-22(17-20)32(33,34)35;;/h4-14,17-18,26,29H,15-16H2,1-3H3,(H,36,37)(H,38,39);;. The Kier molecular flexibility index (Phi) is 11.8. The number of aliphatic carboxylic acids is 1. The fraction of sp³-hybridized carbons (Fsp3) is 0.250. The number of furan rings is 1. The van der Waals surface area contributed by atoms with Gasteiger partial charge >= 0.3 is 31.0 Å². The SMILES string of the molecule is COC(c1ccc(C(=O)NC(CCSC)C(=O)O)c(-c2ccccc2C)c1)c1ccc(-c2cccc(C(F)(F)F)c2)o1.[LiH]. The van der Waals surface area contributed by atoms with Crippen molar-refractivity contribution in [3.05, 3.63) is 107 Å². The zero-order chi connectivity index (χ0) is 30.4. The van der Waals surface area contributed by atoms with Gasteiger partial charge in [0.15, 0.2) is 0 Å². The van der Waals surface area contributed by atoms with Crippen LogP contribution in [0.4, 0.5) is 13.2 Å². The van der Waals surface area contributed by atoms with Gasteiger partial charge in [-0.05, 0) is 84.0 Å². The van der Waals surface area contributed by atoms with Crippen LogP contribution >= 0.6 is 11.8 Å². The molecule has 0 saturated carbocycles. The molecule has 0 aliphatic rings. The van der Waals surface area contributed by atoms with Crippen molar-refractivity contribution in [1.82, 2.24) is 5.32 Å². The predicted octanol–water partition coefficient (Wildman–Crippen LogP) is 6.96. The maximum atomic E-state index is 13.4. The van der Waals surface area contributed by atoms with Crippen LogP contribution in [0.3, 0.4) is 0 Å². The maximum absolute atomic E-state index is 13.4. The monoisotopic (exact) mass is 605 g/mol. The number of halogens is 3. The van der Waals surface area contributed by atoms with Crippen molar-refractivity contribution in [3.63, 3.8) is 0 Å². The van der Waals surface area contributed by atoms with Crippen LogP contribution in [0, 0.1) is 6.92 Å². The third kappa shape index (κ3) is 8.15. The van der Waals surface area contributed by atoms with Crippen molar-refractivity contribution in [1.29, 1.82) is 0 Å². The van der Waals surface area contributed by atoms with Crippen molar-refractivity contribution in [2.45, 2.75) is 31.7 Å². The molecule has 4 rings (SSSR count). The molecule has 6 nitrogen and oxygen atoms in total. The van der Waals surface area contributed by atoms with Gasteiger partial charge < -0.3 is 19.6 Å². The molecule has 0 fully saturated rings. The van der Waals surface area contributed by atoms with E-state index >= 15 is 0 Å². The molecular weight excluding hydrogens is 574 g/mol. The van der Waals surface area contributed by atoms with E-state index in [9.17, 15) is 27.9 Å². The molecule has 2 N–H and O–H groups in total. The van der Waals surface area contributed by atoms with Crippen LogP contribution < -0.4 is 5.32 Å². The number of benzene rings is 3. The molecule has 0 bridgehead atoms. The van der Waals surface area contributed by atoms with E-state index in [1.807, 2.05) is 37.4 Å². The van der Waals surface area contributed by atoms with Crippen LogP contribution in [0.15, 0.2) is 83.3 Å². The predicted molar refractivity (Wildman–Crippen MR) is 164 cm³/mol. The minimum atomic E-state index is -4.49. The van der Waals surface area contributed by atoms with Crippen LogP contribution in [0.2, 0.25) is 0 Å². The summed E-state index contributed by atoms with van der Waals surface area (Å²) in [6.45, 7) is 1.91. The van der Waals surface area contributed by atoms with E-state index in [-0.39, 0.29) is 36.6 Å². The second-order valence-corrected chi connectivity index (χ2v) is 10.6. The van der Waals surface area contributed by atoms with E-state index in [1.165, 1.54) is 31.0 Å². The van der Waals surface area contributed by atoms with E-state index in [2.05, 4.69) is 5.32 Å². The molecule has 0 aliphatic heterocycles. The molecule has 4 aromatic rings. The van der Waals surface area contributed by atoms with Crippen LogP contribution in [-0.2, 0) is 15.7 Å². The molecule has 0 saturated heterocycles. The molecule has 3 aromatic carbocycles. The number of carbonyl (C=O) groups excluding carboxylic acids is 1. The molecule has 0 aliphatic carbocycles. The Bertz CT molecular complexity index is 1570. The average molecular weight is 606 g/mol. The van der Waals surface area contributed by atoms with Crippen LogP contribution in [0.25, 0.3) is 22.5 Å². The van der Waals surface area contributed by atoms with Gasteiger partial charge in [-0.3, -0.25) is 4.79 Å². The van der Waals surface area contributed by atoms with E-state index in [0.29, 0.717) is 28.2 Å². The van der Waals surface area contributed by atoms with E-state index in [1.54, 1.807) is 30.3 Å². The molecule has 2 atom stereocenters. The number of methoxy groups -OCH3 is 1. The van der Waals surface area contributed by atoms with Crippen molar-refractivity contribution in [2.75, 3.05) is 19.1 Å². The first-order valence-electron chi connectivity index (χ1n) is 13.1. The van der Waals surface area contributed by atoms with Crippen molar-refractivity contribution >= 4 is 42.5 Å². The van der Waals surface area contributed by atoms with Crippen LogP contribution in [-0.4, -0.2) is 61.0 Å². The van der Waals surface area contributed by atoms with Crippen LogP contribution in [0.5, 0.6) is 0 Å². The zero-order valence-corrected chi connectivity index (χ0v) is 24.0. The summed E-state index contributed by atoms with van der Waals surface area (Å²) in [5, 5.41) is 12.3. The van der Waals surface area contributed by atoms with E-state index < -0.39 is 35.8 Å². The fourth-order valence-corrected chi connectivity index (χ4v) is 5.14. The Morgan fingerprint density at radius 3 is 2.40 bits per heavy atom. The molecular formula is C32H31F3LiNO5S. The number of carbonyl (C=O) groups is 2. The Labute approximate surface area is 264 Å². The quantitative estimate of drug-likeness (QED) is 0.180. The van der Waals surface area contributed by atoms with E-state index in [0.717, 1.165) is 23.3 Å². The number of hydrogen-bond donors (Lipinski definition) is 2. The number of rotatable bonds is 11. The number of carboxylic acids is 1. The topological polar surface area (TPSA) is 88.8 Å². The summed E-state index contributed by atoms with van der Waals surface area (Å²) in [4.78, 5) is 25.2. The molecule has 1 aromatic heterocycles. The molecule has 1 amide bonds. The molecule has 2 unspecified atom stereocenters. The first-order valence-corrected chi connectivity index (χ1v) is 14.5. The Hall–Kier alpha value is -3.42. The van der Waals surface area contributed by atoms with Crippen molar-refractivity contribution in [2.24, 2.45) is 0 Å². The summed E-state index contributed by atoms with van der Waals surface area (Å²) in [6, 6.07) is 19.6. The van der Waals surface area contributed by atoms with Gasteiger partial charge in [-0.15, -0.1) is 0 Å². The Morgan fingerprint density at radius 2 is 1.74 bits per heavy atom. The molecule has 1 heterocycles. The molecule has 0 spiro atoms. The number of carboxylic acid groups (broad SMARTS) is 1. The van der Waals surface area contributed by atoms with Gasteiger partial charge in [0.1, 0.15) is 23.7 Å². The number of ether oxygens (including phenoxy) is 1. The van der Waals surface area contributed by atoms with Gasteiger partial charge in [-0.2, -0.15) is 24.9 Å². The van der Waals surface area contributed by atoms with Gasteiger partial charge in [-0.25, -0.2) is 4.79 Å². The summed E-state index contributed by atoms with van der Waals surface area (Å²) < 4.78 is 51.5. The normalized spacial score (nSPS) is 12.7. The van der Waals surface area contributed by atoms with Gasteiger partial charge in [-0.1, -0.05) is 42.5 Å². The first-order chi connectivity index (χ1) is 20.0. The van der Waals surface area contributed by atoms with Gasteiger partial charge in [0, 0.05) is 18.2 Å². The summed E-state index contributed by atoms with van der Waals surface area (Å²) >= 11 is 1.49. The minimum absolute atomic E-state index is 0. The van der Waals surface area contributed by atoms with Gasteiger partial charge in [0.05, 0.1) is 5.56 Å². The summed E-state index contributed by atoms with van der Waals surface area (Å²) in [6.07, 6.45) is -3.08.